The first kappa shape index (κ1) is 25.2. The van der Waals surface area contributed by atoms with Crippen molar-refractivity contribution < 1.29 is 9.59 Å². The number of amides is 3. The van der Waals surface area contributed by atoms with E-state index in [0.29, 0.717) is 25.1 Å². The second-order valence-corrected chi connectivity index (χ2v) is 10.4. The van der Waals surface area contributed by atoms with Gasteiger partial charge in [0, 0.05) is 34.2 Å². The van der Waals surface area contributed by atoms with Crippen molar-refractivity contribution in [3.63, 3.8) is 0 Å². The first-order valence-electron chi connectivity index (χ1n) is 12.5. The molecule has 1 aliphatic rings. The summed E-state index contributed by atoms with van der Waals surface area (Å²) in [5, 5.41) is 25.3. The van der Waals surface area contributed by atoms with E-state index in [0.717, 1.165) is 51.1 Å². The Morgan fingerprint density at radius 3 is 2.82 bits per heavy atom. The molecular weight excluding hydrogens is 496 g/mol. The molecule has 0 unspecified atom stereocenters. The number of aromatic nitrogens is 2. The van der Waals surface area contributed by atoms with Crippen LogP contribution in [-0.4, -0.2) is 39.6 Å². The molecule has 2 aromatic heterocycles. The summed E-state index contributed by atoms with van der Waals surface area (Å²) in [5.41, 5.74) is 4.95. The molecule has 0 atom stereocenters. The van der Waals surface area contributed by atoms with Crippen molar-refractivity contribution in [1.29, 1.82) is 5.26 Å². The molecule has 0 bridgehead atoms. The Balaban J connectivity index is 1.29. The SMILES string of the molecule is Cc1cc2[nH]nc(/C=C/c3cccc(NC(=O)N(CCC#N)C4CC4)c3)c2cc1NC(=O)Cc1cccs1. The molecule has 2 heterocycles. The topological polar surface area (TPSA) is 114 Å². The minimum absolute atomic E-state index is 0.0535. The zero-order chi connectivity index (χ0) is 26.5. The molecule has 0 radical (unpaired) electrons. The number of nitrogens with one attached hydrogen (secondary N) is 3. The van der Waals surface area contributed by atoms with Crippen LogP contribution in [0.15, 0.2) is 53.9 Å². The fourth-order valence-corrected chi connectivity index (χ4v) is 5.02. The van der Waals surface area contributed by atoms with Gasteiger partial charge < -0.3 is 15.5 Å². The number of aromatic amines is 1. The maximum absolute atomic E-state index is 12.8. The molecular formula is C29H28N6O2S. The molecule has 3 N–H and O–H groups in total. The number of anilines is 2. The summed E-state index contributed by atoms with van der Waals surface area (Å²) in [4.78, 5) is 28.1. The van der Waals surface area contributed by atoms with Gasteiger partial charge in [-0.15, -0.1) is 11.3 Å². The number of thiophene rings is 1. The lowest BCUT2D eigenvalue weighted by molar-refractivity contribution is -0.115. The molecule has 8 nitrogen and oxygen atoms in total. The van der Waals surface area contributed by atoms with E-state index in [2.05, 4.69) is 26.9 Å². The van der Waals surface area contributed by atoms with Gasteiger partial charge in [0.25, 0.3) is 0 Å². The number of benzene rings is 2. The molecule has 38 heavy (non-hydrogen) atoms. The Morgan fingerprint density at radius 2 is 2.05 bits per heavy atom. The van der Waals surface area contributed by atoms with Crippen LogP contribution in [0, 0.1) is 18.3 Å². The minimum Gasteiger partial charge on any atom is -0.326 e. The number of fused-ring (bicyclic) bond motifs is 1. The van der Waals surface area contributed by atoms with Crippen LogP contribution in [0.3, 0.4) is 0 Å². The predicted molar refractivity (Wildman–Crippen MR) is 152 cm³/mol. The Hall–Kier alpha value is -4.42. The predicted octanol–water partition coefficient (Wildman–Crippen LogP) is 6.19. The summed E-state index contributed by atoms with van der Waals surface area (Å²) in [7, 11) is 0. The van der Waals surface area contributed by atoms with Crippen LogP contribution in [0.25, 0.3) is 23.1 Å². The Labute approximate surface area is 225 Å². The third kappa shape index (κ3) is 6.10. The van der Waals surface area contributed by atoms with E-state index in [1.807, 2.05) is 73.0 Å². The third-order valence-corrected chi connectivity index (χ3v) is 7.29. The Kier molecular flexibility index (Phi) is 7.52. The molecule has 2 aromatic carbocycles. The zero-order valence-electron chi connectivity index (χ0n) is 21.0. The van der Waals surface area contributed by atoms with E-state index >= 15 is 0 Å². The van der Waals surface area contributed by atoms with Crippen molar-refractivity contribution in [3.8, 4) is 6.07 Å². The molecule has 0 aliphatic heterocycles. The van der Waals surface area contributed by atoms with Gasteiger partial charge in [-0.1, -0.05) is 24.3 Å². The monoisotopic (exact) mass is 524 g/mol. The smallest absolute Gasteiger partial charge is 0.322 e. The van der Waals surface area contributed by atoms with Crippen molar-refractivity contribution in [1.82, 2.24) is 15.1 Å². The van der Waals surface area contributed by atoms with Crippen molar-refractivity contribution in [2.24, 2.45) is 0 Å². The largest absolute Gasteiger partial charge is 0.326 e. The second-order valence-electron chi connectivity index (χ2n) is 9.35. The van der Waals surface area contributed by atoms with Crippen molar-refractivity contribution in [3.05, 3.63) is 75.6 Å². The molecule has 0 saturated heterocycles. The number of nitrogens with zero attached hydrogens (tertiary/aromatic N) is 3. The van der Waals surface area contributed by atoms with Crippen LogP contribution >= 0.6 is 11.3 Å². The van der Waals surface area contributed by atoms with Crippen LogP contribution in [0.5, 0.6) is 0 Å². The highest BCUT2D eigenvalue weighted by Crippen LogP contribution is 2.28. The molecule has 1 aliphatic carbocycles. The van der Waals surface area contributed by atoms with Gasteiger partial charge in [0.15, 0.2) is 0 Å². The van der Waals surface area contributed by atoms with Gasteiger partial charge in [0.05, 0.1) is 30.1 Å². The number of H-pyrrole nitrogens is 1. The van der Waals surface area contributed by atoms with E-state index in [1.165, 1.54) is 0 Å². The molecule has 3 amide bonds. The Morgan fingerprint density at radius 1 is 1.18 bits per heavy atom. The summed E-state index contributed by atoms with van der Waals surface area (Å²) in [5.74, 6) is -0.0535. The Bertz CT molecular complexity index is 1530. The molecule has 4 aromatic rings. The third-order valence-electron chi connectivity index (χ3n) is 6.41. The van der Waals surface area contributed by atoms with E-state index in [9.17, 15) is 9.59 Å². The van der Waals surface area contributed by atoms with Crippen LogP contribution in [-0.2, 0) is 11.2 Å². The number of urea groups is 1. The number of hydrogen-bond donors (Lipinski definition) is 3. The average Bonchev–Trinajstić information content (AvgIpc) is 3.46. The van der Waals surface area contributed by atoms with Gasteiger partial charge in [0.2, 0.25) is 5.91 Å². The number of carbonyl (C=O) groups is 2. The second kappa shape index (κ2) is 11.3. The summed E-state index contributed by atoms with van der Waals surface area (Å²) in [6, 6.07) is 17.6. The summed E-state index contributed by atoms with van der Waals surface area (Å²) in [6.45, 7) is 2.40. The fraction of sp³-hybridized carbons (Fsp3) is 0.241. The molecule has 1 fully saturated rings. The minimum atomic E-state index is -0.175. The average molecular weight is 525 g/mol. The molecule has 5 rings (SSSR count). The van der Waals surface area contributed by atoms with E-state index in [4.69, 9.17) is 5.26 Å². The molecule has 9 heteroatoms. The van der Waals surface area contributed by atoms with Gasteiger partial charge in [-0.2, -0.15) is 10.4 Å². The maximum atomic E-state index is 12.8. The first-order chi connectivity index (χ1) is 18.5. The molecule has 1 saturated carbocycles. The van der Waals surface area contributed by atoms with Gasteiger partial charge in [-0.05, 0) is 72.7 Å². The highest BCUT2D eigenvalue weighted by Gasteiger charge is 2.32. The lowest BCUT2D eigenvalue weighted by atomic mass is 10.1. The number of hydrogen-bond acceptors (Lipinski definition) is 5. The van der Waals surface area contributed by atoms with Crippen molar-refractivity contribution >= 4 is 57.7 Å². The van der Waals surface area contributed by atoms with Gasteiger partial charge in [-0.25, -0.2) is 4.79 Å². The molecule has 192 valence electrons. The van der Waals surface area contributed by atoms with Gasteiger partial charge in [-0.3, -0.25) is 9.89 Å². The maximum Gasteiger partial charge on any atom is 0.322 e. The van der Waals surface area contributed by atoms with Crippen molar-refractivity contribution in [2.45, 2.75) is 38.6 Å². The number of aryl methyl sites for hydroxylation is 1. The highest BCUT2D eigenvalue weighted by molar-refractivity contribution is 7.10. The lowest BCUT2D eigenvalue weighted by Crippen LogP contribution is -2.37. The van der Waals surface area contributed by atoms with E-state index in [1.54, 1.807) is 16.2 Å². The number of carbonyl (C=O) groups excluding carboxylic acids is 2. The fourth-order valence-electron chi connectivity index (χ4n) is 4.32. The van der Waals surface area contributed by atoms with Crippen LogP contribution in [0.1, 0.15) is 41.0 Å². The standard InChI is InChI=1S/C29H28N6O2S/c1-19-15-27-24(18-26(19)32-28(36)17-23-7-3-14-38-23)25(33-34-27)11-8-20-5-2-6-21(16-20)31-29(37)35(13-4-12-30)22-9-10-22/h2-3,5-8,11,14-16,18,22H,4,9-10,13,17H2,1H3,(H,31,37)(H,32,36)(H,33,34)/b11-8+. The summed E-state index contributed by atoms with van der Waals surface area (Å²) < 4.78 is 0. The molecule has 0 spiro atoms. The quantitative estimate of drug-likeness (QED) is 0.242. The number of nitriles is 1. The van der Waals surface area contributed by atoms with E-state index < -0.39 is 0 Å². The van der Waals surface area contributed by atoms with E-state index in [-0.39, 0.29) is 18.0 Å². The lowest BCUT2D eigenvalue weighted by Gasteiger charge is -2.21. The van der Waals surface area contributed by atoms with Crippen LogP contribution < -0.4 is 10.6 Å². The highest BCUT2D eigenvalue weighted by atomic mass is 32.1. The van der Waals surface area contributed by atoms with Crippen LogP contribution in [0.2, 0.25) is 0 Å². The van der Waals surface area contributed by atoms with Crippen LogP contribution in [0.4, 0.5) is 16.2 Å². The number of rotatable bonds is 9. The normalized spacial score (nSPS) is 12.9. The van der Waals surface area contributed by atoms with Gasteiger partial charge in [0.1, 0.15) is 0 Å². The van der Waals surface area contributed by atoms with Crippen molar-refractivity contribution in [2.75, 3.05) is 17.2 Å². The summed E-state index contributed by atoms with van der Waals surface area (Å²) >= 11 is 1.57. The zero-order valence-corrected chi connectivity index (χ0v) is 21.8. The summed E-state index contributed by atoms with van der Waals surface area (Å²) in [6.07, 6.45) is 6.49. The first-order valence-corrected chi connectivity index (χ1v) is 13.4. The van der Waals surface area contributed by atoms with Gasteiger partial charge >= 0.3 is 6.03 Å².